The molecule has 0 unspecified atom stereocenters. The molecule has 2 heterocycles. The van der Waals surface area contributed by atoms with Crippen molar-refractivity contribution in [2.75, 3.05) is 5.32 Å². The van der Waals surface area contributed by atoms with Crippen molar-refractivity contribution in [2.45, 2.75) is 27.2 Å². The SMILES string of the molecule is Cc1cc(C)c(Cc2ccc(C(=O)Nc3ccc(Cl)nn3)o2)c(C)c1. The van der Waals surface area contributed by atoms with E-state index in [0.29, 0.717) is 12.2 Å². The Hall–Kier alpha value is -2.66. The van der Waals surface area contributed by atoms with Gasteiger partial charge in [0.05, 0.1) is 0 Å². The zero-order valence-corrected chi connectivity index (χ0v) is 15.0. The van der Waals surface area contributed by atoms with Gasteiger partial charge in [-0.3, -0.25) is 4.79 Å². The fourth-order valence-electron chi connectivity index (χ4n) is 2.82. The maximum Gasteiger partial charge on any atom is 0.292 e. The van der Waals surface area contributed by atoms with E-state index < -0.39 is 0 Å². The average molecular weight is 356 g/mol. The van der Waals surface area contributed by atoms with E-state index in [4.69, 9.17) is 16.0 Å². The highest BCUT2D eigenvalue weighted by Gasteiger charge is 2.14. The molecule has 0 aliphatic carbocycles. The lowest BCUT2D eigenvalue weighted by molar-refractivity contribution is 0.0994. The van der Waals surface area contributed by atoms with Crippen molar-refractivity contribution < 1.29 is 9.21 Å². The number of halogens is 1. The number of aryl methyl sites for hydroxylation is 3. The number of amides is 1. The van der Waals surface area contributed by atoms with E-state index in [9.17, 15) is 4.79 Å². The third-order valence-electron chi connectivity index (χ3n) is 3.95. The smallest absolute Gasteiger partial charge is 0.292 e. The number of nitrogens with zero attached hydrogens (tertiary/aromatic N) is 2. The third kappa shape index (κ3) is 4.06. The van der Waals surface area contributed by atoms with Crippen LogP contribution in [0, 0.1) is 20.8 Å². The van der Waals surface area contributed by atoms with Crippen molar-refractivity contribution >= 4 is 23.3 Å². The zero-order valence-electron chi connectivity index (χ0n) is 14.3. The van der Waals surface area contributed by atoms with E-state index in [1.54, 1.807) is 18.2 Å². The summed E-state index contributed by atoms with van der Waals surface area (Å²) >= 11 is 5.68. The summed E-state index contributed by atoms with van der Waals surface area (Å²) in [5.41, 5.74) is 4.89. The number of carbonyl (C=O) groups excluding carboxylic acids is 1. The van der Waals surface area contributed by atoms with Crippen molar-refractivity contribution in [1.29, 1.82) is 0 Å². The first-order chi connectivity index (χ1) is 11.9. The molecule has 1 aromatic carbocycles. The highest BCUT2D eigenvalue weighted by atomic mass is 35.5. The summed E-state index contributed by atoms with van der Waals surface area (Å²) in [6, 6.07) is 10.9. The van der Waals surface area contributed by atoms with Crippen LogP contribution in [0.5, 0.6) is 0 Å². The Morgan fingerprint density at radius 2 is 1.80 bits per heavy atom. The van der Waals surface area contributed by atoms with Crippen LogP contribution in [-0.4, -0.2) is 16.1 Å². The zero-order chi connectivity index (χ0) is 18.0. The molecule has 0 radical (unpaired) electrons. The lowest BCUT2D eigenvalue weighted by Gasteiger charge is -2.10. The molecule has 3 aromatic rings. The van der Waals surface area contributed by atoms with Crippen LogP contribution in [0.3, 0.4) is 0 Å². The second-order valence-corrected chi connectivity index (χ2v) is 6.40. The van der Waals surface area contributed by atoms with Crippen LogP contribution in [0.2, 0.25) is 5.15 Å². The lowest BCUT2D eigenvalue weighted by atomic mass is 9.97. The Balaban J connectivity index is 1.74. The highest BCUT2D eigenvalue weighted by molar-refractivity contribution is 6.29. The molecule has 1 amide bonds. The molecule has 128 valence electrons. The quantitative estimate of drug-likeness (QED) is 0.748. The highest BCUT2D eigenvalue weighted by Crippen LogP contribution is 2.21. The molecule has 25 heavy (non-hydrogen) atoms. The summed E-state index contributed by atoms with van der Waals surface area (Å²) in [6.07, 6.45) is 0.645. The molecule has 0 saturated heterocycles. The summed E-state index contributed by atoms with van der Waals surface area (Å²) in [7, 11) is 0. The summed E-state index contributed by atoms with van der Waals surface area (Å²) in [5, 5.41) is 10.4. The van der Waals surface area contributed by atoms with Gasteiger partial charge in [0.2, 0.25) is 0 Å². The standard InChI is InChI=1S/C19H18ClN3O2/c1-11-8-12(2)15(13(3)9-11)10-14-4-5-16(25-14)19(24)21-18-7-6-17(20)22-23-18/h4-9H,10H2,1-3H3,(H,21,23,24). The maximum absolute atomic E-state index is 12.2. The van der Waals surface area contributed by atoms with Crippen molar-refractivity contribution in [2.24, 2.45) is 0 Å². The van der Waals surface area contributed by atoms with Gasteiger partial charge in [0.15, 0.2) is 16.7 Å². The van der Waals surface area contributed by atoms with Gasteiger partial charge < -0.3 is 9.73 Å². The van der Waals surface area contributed by atoms with Gasteiger partial charge in [0, 0.05) is 6.42 Å². The number of nitrogens with one attached hydrogen (secondary N) is 1. The largest absolute Gasteiger partial charge is 0.456 e. The van der Waals surface area contributed by atoms with Crippen LogP contribution in [0.4, 0.5) is 5.82 Å². The third-order valence-corrected chi connectivity index (χ3v) is 4.15. The second kappa shape index (κ2) is 7.07. The molecule has 0 aliphatic heterocycles. The summed E-state index contributed by atoms with van der Waals surface area (Å²) < 4.78 is 5.70. The van der Waals surface area contributed by atoms with Gasteiger partial charge in [-0.2, -0.15) is 0 Å². The molecule has 0 bridgehead atoms. The van der Waals surface area contributed by atoms with Crippen molar-refractivity contribution in [3.63, 3.8) is 0 Å². The predicted octanol–water partition coefficient (Wildman–Crippen LogP) is 4.49. The van der Waals surface area contributed by atoms with Gasteiger partial charge in [0.25, 0.3) is 5.91 Å². The molecular formula is C19H18ClN3O2. The molecule has 1 N–H and O–H groups in total. The Kier molecular flexibility index (Phi) is 4.86. The van der Waals surface area contributed by atoms with E-state index in [0.717, 1.165) is 5.76 Å². The Morgan fingerprint density at radius 3 is 2.44 bits per heavy atom. The number of carbonyl (C=O) groups is 1. The summed E-state index contributed by atoms with van der Waals surface area (Å²) in [5.74, 6) is 0.911. The lowest BCUT2D eigenvalue weighted by Crippen LogP contribution is -2.12. The molecule has 5 nitrogen and oxygen atoms in total. The van der Waals surface area contributed by atoms with Gasteiger partial charge in [-0.15, -0.1) is 10.2 Å². The molecule has 3 rings (SSSR count). The molecule has 0 atom stereocenters. The maximum atomic E-state index is 12.2. The van der Waals surface area contributed by atoms with Crippen LogP contribution < -0.4 is 5.32 Å². The first-order valence-corrected chi connectivity index (χ1v) is 8.26. The van der Waals surface area contributed by atoms with Crippen molar-refractivity contribution in [3.05, 3.63) is 75.3 Å². The van der Waals surface area contributed by atoms with Gasteiger partial charge in [0.1, 0.15) is 5.76 Å². The minimum Gasteiger partial charge on any atom is -0.456 e. The van der Waals surface area contributed by atoms with Gasteiger partial charge >= 0.3 is 0 Å². The number of furan rings is 1. The van der Waals surface area contributed by atoms with Crippen LogP contribution in [0.15, 0.2) is 40.8 Å². The minimum absolute atomic E-state index is 0.231. The molecule has 0 saturated carbocycles. The monoisotopic (exact) mass is 355 g/mol. The number of hydrogen-bond donors (Lipinski definition) is 1. The normalized spacial score (nSPS) is 10.7. The topological polar surface area (TPSA) is 68.0 Å². The fraction of sp³-hybridized carbons (Fsp3) is 0.211. The minimum atomic E-state index is -0.375. The van der Waals surface area contributed by atoms with Gasteiger partial charge in [-0.05, 0) is 61.7 Å². The Morgan fingerprint density at radius 1 is 1.08 bits per heavy atom. The first-order valence-electron chi connectivity index (χ1n) is 7.88. The molecule has 0 spiro atoms. The van der Waals surface area contributed by atoms with Crippen molar-refractivity contribution in [3.8, 4) is 0 Å². The number of anilines is 1. The van der Waals surface area contributed by atoms with E-state index in [1.165, 1.54) is 22.3 Å². The number of rotatable bonds is 4. The average Bonchev–Trinajstić information content (AvgIpc) is 3.02. The van der Waals surface area contributed by atoms with E-state index in [2.05, 4.69) is 48.4 Å². The first kappa shape index (κ1) is 17.2. The fourth-order valence-corrected chi connectivity index (χ4v) is 2.92. The van der Waals surface area contributed by atoms with Gasteiger partial charge in [-0.25, -0.2) is 0 Å². The van der Waals surface area contributed by atoms with Gasteiger partial charge in [-0.1, -0.05) is 29.3 Å². The Bertz CT molecular complexity index is 894. The van der Waals surface area contributed by atoms with E-state index >= 15 is 0 Å². The molecule has 2 aromatic heterocycles. The van der Waals surface area contributed by atoms with Crippen LogP contribution in [0.1, 0.15) is 38.6 Å². The van der Waals surface area contributed by atoms with Crippen molar-refractivity contribution in [1.82, 2.24) is 10.2 Å². The molecule has 0 aliphatic rings. The Labute approximate surface area is 151 Å². The summed E-state index contributed by atoms with van der Waals surface area (Å²) in [4.78, 5) is 12.2. The van der Waals surface area contributed by atoms with Crippen LogP contribution >= 0.6 is 11.6 Å². The molecular weight excluding hydrogens is 338 g/mol. The predicted molar refractivity (Wildman–Crippen MR) is 97.2 cm³/mol. The van der Waals surface area contributed by atoms with Crippen LogP contribution in [-0.2, 0) is 6.42 Å². The van der Waals surface area contributed by atoms with E-state index in [-0.39, 0.29) is 16.8 Å². The number of hydrogen-bond acceptors (Lipinski definition) is 4. The summed E-state index contributed by atoms with van der Waals surface area (Å²) in [6.45, 7) is 6.26. The molecule has 6 heteroatoms. The van der Waals surface area contributed by atoms with Crippen LogP contribution in [0.25, 0.3) is 0 Å². The number of aromatic nitrogens is 2. The second-order valence-electron chi connectivity index (χ2n) is 6.02. The molecule has 0 fully saturated rings. The number of benzene rings is 1. The van der Waals surface area contributed by atoms with E-state index in [1.807, 2.05) is 6.07 Å².